The number of rotatable bonds is 7. The summed E-state index contributed by atoms with van der Waals surface area (Å²) < 4.78 is 7.79. The van der Waals surface area contributed by atoms with E-state index in [0.29, 0.717) is 29.6 Å². The van der Waals surface area contributed by atoms with Crippen LogP contribution in [-0.2, 0) is 17.9 Å². The Bertz CT molecular complexity index is 1580. The number of amides is 1. The lowest BCUT2D eigenvalue weighted by Gasteiger charge is -2.40. The van der Waals surface area contributed by atoms with Crippen molar-refractivity contribution in [2.75, 3.05) is 5.32 Å². The Labute approximate surface area is 242 Å². The summed E-state index contributed by atoms with van der Waals surface area (Å²) in [5, 5.41) is 4.46. The molecule has 1 aliphatic heterocycles. The molecule has 5 atom stereocenters. The van der Waals surface area contributed by atoms with Gasteiger partial charge in [-0.05, 0) is 79.3 Å². The average molecular weight is 569 g/mol. The van der Waals surface area contributed by atoms with Crippen molar-refractivity contribution in [2.24, 2.45) is 17.8 Å². The highest BCUT2D eigenvalue weighted by Gasteiger charge is 2.55. The molecule has 7 rings (SSSR count). The quantitative estimate of drug-likeness (QED) is 0.259. The Morgan fingerprint density at radius 3 is 2.50 bits per heavy atom. The Hall–Kier alpha value is -3.29. The number of nitrogens with zero attached hydrogens (tertiary/aromatic N) is 1. The van der Waals surface area contributed by atoms with Gasteiger partial charge in [0.2, 0.25) is 5.91 Å². The summed E-state index contributed by atoms with van der Waals surface area (Å²) in [6, 6.07) is 26.4. The number of benzene rings is 3. The second-order valence-electron chi connectivity index (χ2n) is 11.4. The van der Waals surface area contributed by atoms with Crippen molar-refractivity contribution >= 4 is 34.7 Å². The summed E-state index contributed by atoms with van der Waals surface area (Å²) in [5.41, 5.74) is 4.28. The highest BCUT2D eigenvalue weighted by Crippen LogP contribution is 2.64. The van der Waals surface area contributed by atoms with Crippen LogP contribution in [-0.4, -0.2) is 15.7 Å². The summed E-state index contributed by atoms with van der Waals surface area (Å²) in [5.74, 6) is 2.78. The first-order valence-electron chi connectivity index (χ1n) is 14.1. The first-order chi connectivity index (χ1) is 19.5. The topological polar surface area (TPSA) is 60.3 Å². The third-order valence-electron chi connectivity index (χ3n) is 8.82. The van der Waals surface area contributed by atoms with Crippen LogP contribution in [0.25, 0.3) is 0 Å². The number of thiazole rings is 1. The molecule has 5 unspecified atom stereocenters. The molecule has 2 bridgehead atoms. The van der Waals surface area contributed by atoms with Crippen molar-refractivity contribution in [3.05, 3.63) is 110 Å². The number of carbonyl (C=O) groups is 1. The minimum absolute atomic E-state index is 0.0377. The molecule has 1 amide bonds. The SMILES string of the molecule is Cc1ccc(NC(=O)Cn2c3c(sc2=O)C(c2ccc(OCc4ccccc4)cc2)C2C4CCC(C4)C2S3)cc1. The number of hydrogen-bond donors (Lipinski definition) is 1. The number of nitrogens with one attached hydrogen (secondary N) is 1. The molecule has 5 nitrogen and oxygen atoms in total. The normalized spacial score (nSPS) is 24.4. The molecule has 204 valence electrons. The van der Waals surface area contributed by atoms with Crippen LogP contribution in [0, 0.1) is 24.7 Å². The zero-order valence-electron chi connectivity index (χ0n) is 22.4. The van der Waals surface area contributed by atoms with Gasteiger partial charge in [0.1, 0.15) is 18.9 Å². The van der Waals surface area contributed by atoms with Gasteiger partial charge in [-0.25, -0.2) is 0 Å². The molecule has 40 heavy (non-hydrogen) atoms. The molecular formula is C33H32N2O3S2. The van der Waals surface area contributed by atoms with Gasteiger partial charge in [0.25, 0.3) is 0 Å². The summed E-state index contributed by atoms with van der Waals surface area (Å²) >= 11 is 3.20. The maximum Gasteiger partial charge on any atom is 0.308 e. The lowest BCUT2D eigenvalue weighted by molar-refractivity contribution is -0.116. The minimum atomic E-state index is -0.168. The van der Waals surface area contributed by atoms with Crippen LogP contribution in [0.5, 0.6) is 5.75 Å². The fourth-order valence-corrected chi connectivity index (χ4v) is 10.1. The van der Waals surface area contributed by atoms with E-state index in [0.717, 1.165) is 32.5 Å². The lowest BCUT2D eigenvalue weighted by Crippen LogP contribution is -2.34. The van der Waals surface area contributed by atoms with Crippen molar-refractivity contribution in [2.45, 2.75) is 55.5 Å². The zero-order chi connectivity index (χ0) is 27.2. The van der Waals surface area contributed by atoms with Crippen LogP contribution in [0.3, 0.4) is 0 Å². The van der Waals surface area contributed by atoms with Gasteiger partial charge in [-0.2, -0.15) is 0 Å². The number of fused-ring (bicyclic) bond motifs is 6. The van der Waals surface area contributed by atoms with Gasteiger partial charge in [-0.15, -0.1) is 11.8 Å². The Kier molecular flexibility index (Phi) is 6.80. The van der Waals surface area contributed by atoms with Gasteiger partial charge in [0.15, 0.2) is 0 Å². The second kappa shape index (κ2) is 10.6. The summed E-state index contributed by atoms with van der Waals surface area (Å²) in [6.07, 6.45) is 3.84. The van der Waals surface area contributed by atoms with Gasteiger partial charge in [0, 0.05) is 21.7 Å². The fourth-order valence-electron chi connectivity index (χ4n) is 6.95. The highest BCUT2D eigenvalue weighted by molar-refractivity contribution is 8.00. The summed E-state index contributed by atoms with van der Waals surface area (Å²) in [6.45, 7) is 2.59. The Morgan fingerprint density at radius 2 is 1.73 bits per heavy atom. The predicted molar refractivity (Wildman–Crippen MR) is 161 cm³/mol. The van der Waals surface area contributed by atoms with Crippen molar-refractivity contribution in [1.82, 2.24) is 4.57 Å². The molecule has 3 aromatic carbocycles. The van der Waals surface area contributed by atoms with Gasteiger partial charge < -0.3 is 10.1 Å². The first kappa shape index (κ1) is 25.7. The molecule has 0 spiro atoms. The molecule has 1 N–H and O–H groups in total. The molecule has 7 heteroatoms. The van der Waals surface area contributed by atoms with Crippen LogP contribution in [0.2, 0.25) is 0 Å². The summed E-state index contributed by atoms with van der Waals surface area (Å²) in [4.78, 5) is 27.5. The molecular weight excluding hydrogens is 537 g/mol. The average Bonchev–Trinajstić information content (AvgIpc) is 3.67. The zero-order valence-corrected chi connectivity index (χ0v) is 24.0. The molecule has 1 aromatic heterocycles. The minimum Gasteiger partial charge on any atom is -0.489 e. The smallest absolute Gasteiger partial charge is 0.308 e. The standard InChI is InChI=1S/C33H32N2O3S2/c1-20-7-13-25(14-8-20)34-27(36)18-35-32-31(40-33(35)37)28(29-23-9-10-24(17-23)30(29)39-32)22-11-15-26(16-12-22)38-19-21-5-3-2-4-6-21/h2-8,11-16,23-24,28-30H,9-10,17-19H2,1H3,(H,34,36). The van der Waals surface area contributed by atoms with E-state index in [-0.39, 0.29) is 23.2 Å². The first-order valence-corrected chi connectivity index (χ1v) is 15.8. The van der Waals surface area contributed by atoms with Gasteiger partial charge in [-0.3, -0.25) is 14.2 Å². The monoisotopic (exact) mass is 568 g/mol. The van der Waals surface area contributed by atoms with E-state index in [1.807, 2.05) is 61.2 Å². The number of carbonyl (C=O) groups excluding carboxylic acids is 1. The van der Waals surface area contributed by atoms with E-state index >= 15 is 0 Å². The van der Waals surface area contributed by atoms with E-state index < -0.39 is 0 Å². The number of hydrogen-bond acceptors (Lipinski definition) is 5. The molecule has 3 aliphatic rings. The van der Waals surface area contributed by atoms with Gasteiger partial charge >= 0.3 is 4.87 Å². The van der Waals surface area contributed by atoms with Crippen molar-refractivity contribution in [3.63, 3.8) is 0 Å². The second-order valence-corrected chi connectivity index (χ2v) is 13.5. The van der Waals surface area contributed by atoms with Crippen LogP contribution in [0.15, 0.2) is 88.7 Å². The number of aryl methyl sites for hydroxylation is 1. The number of anilines is 1. The molecule has 2 aliphatic carbocycles. The van der Waals surface area contributed by atoms with E-state index in [9.17, 15) is 9.59 Å². The maximum absolute atomic E-state index is 13.4. The van der Waals surface area contributed by atoms with Crippen molar-refractivity contribution < 1.29 is 9.53 Å². The molecule has 2 fully saturated rings. The number of aromatic nitrogens is 1. The number of ether oxygens (including phenoxy) is 1. The molecule has 0 saturated heterocycles. The molecule has 2 heterocycles. The summed E-state index contributed by atoms with van der Waals surface area (Å²) in [7, 11) is 0. The molecule has 2 saturated carbocycles. The third-order valence-corrected chi connectivity index (χ3v) is 11.6. The largest absolute Gasteiger partial charge is 0.489 e. The number of thioether (sulfide) groups is 1. The van der Waals surface area contributed by atoms with Crippen LogP contribution < -0.4 is 14.9 Å². The predicted octanol–water partition coefficient (Wildman–Crippen LogP) is 7.09. The van der Waals surface area contributed by atoms with Crippen LogP contribution >= 0.6 is 23.1 Å². The Balaban J connectivity index is 1.17. The van der Waals surface area contributed by atoms with Crippen molar-refractivity contribution in [3.8, 4) is 5.75 Å². The third kappa shape index (κ3) is 4.79. The molecule has 4 aromatic rings. The van der Waals surface area contributed by atoms with E-state index in [2.05, 4.69) is 41.7 Å². The van der Waals surface area contributed by atoms with E-state index in [1.54, 1.807) is 4.57 Å². The Morgan fingerprint density at radius 1 is 0.975 bits per heavy atom. The van der Waals surface area contributed by atoms with E-state index in [1.165, 1.54) is 36.2 Å². The lowest BCUT2D eigenvalue weighted by atomic mass is 9.75. The van der Waals surface area contributed by atoms with E-state index in [4.69, 9.17) is 4.74 Å². The highest BCUT2D eigenvalue weighted by atomic mass is 32.2. The maximum atomic E-state index is 13.4. The van der Waals surface area contributed by atoms with Gasteiger partial charge in [0.05, 0.1) is 5.03 Å². The van der Waals surface area contributed by atoms with Crippen LogP contribution in [0.4, 0.5) is 5.69 Å². The van der Waals surface area contributed by atoms with Crippen LogP contribution in [0.1, 0.15) is 46.7 Å². The van der Waals surface area contributed by atoms with Crippen molar-refractivity contribution in [1.29, 1.82) is 0 Å². The molecule has 0 radical (unpaired) electrons. The van der Waals surface area contributed by atoms with Gasteiger partial charge in [-0.1, -0.05) is 71.5 Å². The fraction of sp³-hybridized carbons (Fsp3) is 0.333.